The molecule has 84 valence electrons. The summed E-state index contributed by atoms with van der Waals surface area (Å²) in [6.45, 7) is 1.61. The Morgan fingerprint density at radius 2 is 2.13 bits per heavy atom. The summed E-state index contributed by atoms with van der Waals surface area (Å²) in [5, 5.41) is 0.162. The predicted molar refractivity (Wildman–Crippen MR) is 56.7 cm³/mol. The predicted octanol–water partition coefficient (Wildman–Crippen LogP) is 0.610. The van der Waals surface area contributed by atoms with Crippen LogP contribution in [0.2, 0.25) is 0 Å². The second kappa shape index (κ2) is 4.15. The molecule has 0 saturated heterocycles. The first-order chi connectivity index (χ1) is 6.83. The Morgan fingerprint density at radius 1 is 1.53 bits per heavy atom. The number of carbonyl (C=O) groups is 1. The zero-order chi connectivity index (χ0) is 11.6. The van der Waals surface area contributed by atoms with Crippen molar-refractivity contribution in [3.8, 4) is 0 Å². The van der Waals surface area contributed by atoms with Gasteiger partial charge in [-0.25, -0.2) is 18.2 Å². The fourth-order valence-corrected chi connectivity index (χ4v) is 2.60. The molecule has 0 atom stereocenters. The molecule has 1 aromatic rings. The Labute approximate surface area is 91.3 Å². The van der Waals surface area contributed by atoms with Crippen LogP contribution in [0, 0.1) is 6.92 Å². The van der Waals surface area contributed by atoms with E-state index in [4.69, 9.17) is 0 Å². The van der Waals surface area contributed by atoms with E-state index < -0.39 is 16.0 Å². The van der Waals surface area contributed by atoms with Gasteiger partial charge in [-0.15, -0.1) is 0 Å². The maximum absolute atomic E-state index is 11.2. The molecule has 0 spiro atoms. The smallest absolute Gasteiger partial charge is 0.350 e. The lowest BCUT2D eigenvalue weighted by Gasteiger charge is -1.96. The quantitative estimate of drug-likeness (QED) is 0.794. The largest absolute Gasteiger partial charge is 0.465 e. The number of hydrogen-bond donors (Lipinski definition) is 1. The molecule has 1 aromatic heterocycles. The lowest BCUT2D eigenvalue weighted by Crippen LogP contribution is -2.08. The van der Waals surface area contributed by atoms with Crippen molar-refractivity contribution in [1.82, 2.24) is 4.98 Å². The number of hydrogen-bond acceptors (Lipinski definition) is 6. The molecule has 0 unspecified atom stereocenters. The molecule has 1 rings (SSSR count). The SMILES string of the molecule is COC(=O)c1sc(NS(C)(=O)=O)nc1C. The number of thiazole rings is 1. The van der Waals surface area contributed by atoms with Crippen LogP contribution >= 0.6 is 11.3 Å². The number of esters is 1. The van der Waals surface area contributed by atoms with Gasteiger partial charge in [-0.05, 0) is 6.92 Å². The second-order valence-corrected chi connectivity index (χ2v) is 5.55. The van der Waals surface area contributed by atoms with Gasteiger partial charge in [0.05, 0.1) is 19.1 Å². The minimum absolute atomic E-state index is 0.162. The van der Waals surface area contributed by atoms with Crippen LogP contribution in [0.15, 0.2) is 0 Å². The Hall–Kier alpha value is -1.15. The molecule has 0 aliphatic carbocycles. The minimum Gasteiger partial charge on any atom is -0.465 e. The van der Waals surface area contributed by atoms with E-state index >= 15 is 0 Å². The number of anilines is 1. The van der Waals surface area contributed by atoms with Gasteiger partial charge in [0.2, 0.25) is 10.0 Å². The average Bonchev–Trinajstić information content (AvgIpc) is 2.42. The van der Waals surface area contributed by atoms with Gasteiger partial charge < -0.3 is 4.74 Å². The van der Waals surface area contributed by atoms with E-state index in [1.807, 2.05) is 0 Å². The Morgan fingerprint density at radius 3 is 2.60 bits per heavy atom. The normalized spacial score (nSPS) is 11.1. The third kappa shape index (κ3) is 3.17. The van der Waals surface area contributed by atoms with Crippen molar-refractivity contribution in [1.29, 1.82) is 0 Å². The van der Waals surface area contributed by atoms with E-state index in [0.29, 0.717) is 10.6 Å². The van der Waals surface area contributed by atoms with Gasteiger partial charge in [0.15, 0.2) is 5.13 Å². The number of methoxy groups -OCH3 is 1. The van der Waals surface area contributed by atoms with Crippen molar-refractivity contribution >= 4 is 32.5 Å². The van der Waals surface area contributed by atoms with E-state index in [0.717, 1.165) is 17.6 Å². The van der Waals surface area contributed by atoms with Gasteiger partial charge in [0.1, 0.15) is 4.88 Å². The number of carbonyl (C=O) groups excluding carboxylic acids is 1. The summed E-state index contributed by atoms with van der Waals surface area (Å²) >= 11 is 0.943. The zero-order valence-corrected chi connectivity index (χ0v) is 10.0. The maximum Gasteiger partial charge on any atom is 0.350 e. The summed E-state index contributed by atoms with van der Waals surface area (Å²) in [4.78, 5) is 15.4. The number of nitrogens with zero attached hydrogens (tertiary/aromatic N) is 1. The highest BCUT2D eigenvalue weighted by Gasteiger charge is 2.16. The highest BCUT2D eigenvalue weighted by atomic mass is 32.2. The molecule has 6 nitrogen and oxygen atoms in total. The van der Waals surface area contributed by atoms with Crippen LogP contribution in [-0.4, -0.2) is 32.7 Å². The van der Waals surface area contributed by atoms with Crippen LogP contribution in [0.4, 0.5) is 5.13 Å². The Kier molecular flexibility index (Phi) is 3.30. The molecule has 8 heteroatoms. The molecule has 15 heavy (non-hydrogen) atoms. The molecule has 0 radical (unpaired) electrons. The van der Waals surface area contributed by atoms with Crippen molar-refractivity contribution in [3.05, 3.63) is 10.6 Å². The van der Waals surface area contributed by atoms with Gasteiger partial charge in [-0.2, -0.15) is 0 Å². The highest BCUT2D eigenvalue weighted by molar-refractivity contribution is 7.92. The van der Waals surface area contributed by atoms with Crippen molar-refractivity contribution in [2.24, 2.45) is 0 Å². The van der Waals surface area contributed by atoms with Crippen LogP contribution in [0.25, 0.3) is 0 Å². The van der Waals surface area contributed by atoms with E-state index in [1.165, 1.54) is 7.11 Å². The number of aromatic nitrogens is 1. The summed E-state index contributed by atoms with van der Waals surface area (Å²) in [7, 11) is -2.11. The number of sulfonamides is 1. The molecule has 1 heterocycles. The van der Waals surface area contributed by atoms with E-state index in [2.05, 4.69) is 14.4 Å². The molecule has 0 aliphatic heterocycles. The number of nitrogens with one attached hydrogen (secondary N) is 1. The van der Waals surface area contributed by atoms with Crippen molar-refractivity contribution in [2.45, 2.75) is 6.92 Å². The summed E-state index contributed by atoms with van der Waals surface area (Å²) in [6, 6.07) is 0. The third-order valence-corrected chi connectivity index (χ3v) is 3.19. The second-order valence-electron chi connectivity index (χ2n) is 2.80. The number of rotatable bonds is 3. The average molecular weight is 250 g/mol. The van der Waals surface area contributed by atoms with Crippen molar-refractivity contribution < 1.29 is 17.9 Å². The van der Waals surface area contributed by atoms with Gasteiger partial charge in [-0.3, -0.25) is 4.72 Å². The van der Waals surface area contributed by atoms with Crippen LogP contribution in [-0.2, 0) is 14.8 Å². The lowest BCUT2D eigenvalue weighted by molar-refractivity contribution is 0.0605. The zero-order valence-electron chi connectivity index (χ0n) is 8.40. The molecule has 0 saturated carbocycles. The fourth-order valence-electron chi connectivity index (χ4n) is 0.881. The highest BCUT2D eigenvalue weighted by Crippen LogP contribution is 2.23. The van der Waals surface area contributed by atoms with Gasteiger partial charge in [0.25, 0.3) is 0 Å². The molecule has 0 fully saturated rings. The Balaban J connectivity index is 3.01. The summed E-state index contributed by atoms with van der Waals surface area (Å²) in [6.07, 6.45) is 1.02. The number of ether oxygens (including phenoxy) is 1. The van der Waals surface area contributed by atoms with Gasteiger partial charge in [0, 0.05) is 0 Å². The Bertz CT molecular complexity index is 477. The monoisotopic (exact) mass is 250 g/mol. The van der Waals surface area contributed by atoms with Crippen molar-refractivity contribution in [2.75, 3.05) is 18.1 Å². The van der Waals surface area contributed by atoms with Crippen LogP contribution in [0.5, 0.6) is 0 Å². The summed E-state index contributed by atoms with van der Waals surface area (Å²) < 4.78 is 28.5. The number of aryl methyl sites for hydroxylation is 1. The minimum atomic E-state index is -3.37. The van der Waals surface area contributed by atoms with E-state index in [1.54, 1.807) is 6.92 Å². The summed E-state index contributed by atoms with van der Waals surface area (Å²) in [5.74, 6) is -0.522. The van der Waals surface area contributed by atoms with Crippen LogP contribution in [0.1, 0.15) is 15.4 Å². The molecular formula is C7H10N2O4S2. The van der Waals surface area contributed by atoms with Gasteiger partial charge in [-0.1, -0.05) is 11.3 Å². The topological polar surface area (TPSA) is 85.4 Å². The molecule has 0 aliphatic rings. The standard InChI is InChI=1S/C7H10N2O4S2/c1-4-5(6(10)13-2)14-7(8-4)9-15(3,11)12/h1-3H3,(H,8,9). The molecule has 0 amide bonds. The molecule has 0 aromatic carbocycles. The first-order valence-electron chi connectivity index (χ1n) is 3.87. The van der Waals surface area contributed by atoms with Crippen LogP contribution in [0.3, 0.4) is 0 Å². The first kappa shape index (κ1) is 11.9. The first-order valence-corrected chi connectivity index (χ1v) is 6.58. The summed E-state index contributed by atoms with van der Waals surface area (Å²) in [5.41, 5.74) is 0.443. The molecule has 0 bridgehead atoms. The lowest BCUT2D eigenvalue weighted by atomic mass is 10.4. The van der Waals surface area contributed by atoms with Gasteiger partial charge >= 0.3 is 5.97 Å². The maximum atomic E-state index is 11.2. The molecule has 1 N–H and O–H groups in total. The third-order valence-electron chi connectivity index (χ3n) is 1.44. The van der Waals surface area contributed by atoms with E-state index in [9.17, 15) is 13.2 Å². The van der Waals surface area contributed by atoms with Crippen molar-refractivity contribution in [3.63, 3.8) is 0 Å². The van der Waals surface area contributed by atoms with Crippen LogP contribution < -0.4 is 4.72 Å². The molecular weight excluding hydrogens is 240 g/mol. The van der Waals surface area contributed by atoms with E-state index in [-0.39, 0.29) is 5.13 Å². The fraction of sp³-hybridized carbons (Fsp3) is 0.429.